The fourth-order valence-electron chi connectivity index (χ4n) is 3.16. The van der Waals surface area contributed by atoms with Crippen LogP contribution in [0.2, 0.25) is 5.02 Å². The Hall–Kier alpha value is -2.33. The molecular formula is C19H19ClN2O2. The normalized spacial score (nSPS) is 16.2. The number of hydrogen-bond acceptors (Lipinski definition) is 2. The van der Waals surface area contributed by atoms with E-state index in [0.29, 0.717) is 17.1 Å². The summed E-state index contributed by atoms with van der Waals surface area (Å²) in [6.07, 6.45) is 0.741. The minimum absolute atomic E-state index is 0.132. The van der Waals surface area contributed by atoms with Crippen molar-refractivity contribution < 1.29 is 9.59 Å². The minimum Gasteiger partial charge on any atom is -0.341 e. The molecular weight excluding hydrogens is 324 g/mol. The van der Waals surface area contributed by atoms with Crippen LogP contribution in [-0.4, -0.2) is 18.4 Å². The Bertz CT molecular complexity index is 789. The SMILES string of the molecule is CC(=O)NC1C(=O)N(CCc2ccccc2)c2c(C)ccc(Cl)c21. The Morgan fingerprint density at radius 2 is 1.92 bits per heavy atom. The van der Waals surface area contributed by atoms with Crippen molar-refractivity contribution in [3.8, 4) is 0 Å². The van der Waals surface area contributed by atoms with E-state index in [9.17, 15) is 9.59 Å². The lowest BCUT2D eigenvalue weighted by Crippen LogP contribution is -2.37. The first kappa shape index (κ1) is 16.5. The van der Waals surface area contributed by atoms with Gasteiger partial charge in [0.25, 0.3) is 5.91 Å². The van der Waals surface area contributed by atoms with Crippen molar-refractivity contribution in [1.82, 2.24) is 5.32 Å². The van der Waals surface area contributed by atoms with E-state index >= 15 is 0 Å². The summed E-state index contributed by atoms with van der Waals surface area (Å²) in [5.41, 5.74) is 3.66. The number of anilines is 1. The number of nitrogens with zero attached hydrogens (tertiary/aromatic N) is 1. The van der Waals surface area contributed by atoms with E-state index in [1.165, 1.54) is 6.92 Å². The van der Waals surface area contributed by atoms with Gasteiger partial charge in [0.15, 0.2) is 0 Å². The zero-order chi connectivity index (χ0) is 17.3. The Kier molecular flexibility index (Phi) is 4.58. The molecule has 1 heterocycles. The largest absolute Gasteiger partial charge is 0.341 e. The highest BCUT2D eigenvalue weighted by molar-refractivity contribution is 6.33. The van der Waals surface area contributed by atoms with Crippen LogP contribution in [0.1, 0.15) is 29.7 Å². The zero-order valence-corrected chi connectivity index (χ0v) is 14.4. The molecule has 3 rings (SSSR count). The van der Waals surface area contributed by atoms with Crippen LogP contribution in [-0.2, 0) is 16.0 Å². The molecule has 0 radical (unpaired) electrons. The van der Waals surface area contributed by atoms with Crippen molar-refractivity contribution in [2.45, 2.75) is 26.3 Å². The quantitative estimate of drug-likeness (QED) is 0.925. The predicted molar refractivity (Wildman–Crippen MR) is 95.2 cm³/mol. The van der Waals surface area contributed by atoms with Gasteiger partial charge in [0.05, 0.1) is 5.69 Å². The molecule has 2 amide bonds. The lowest BCUT2D eigenvalue weighted by Gasteiger charge is -2.19. The Morgan fingerprint density at radius 1 is 1.21 bits per heavy atom. The van der Waals surface area contributed by atoms with Gasteiger partial charge < -0.3 is 10.2 Å². The lowest BCUT2D eigenvalue weighted by molar-refractivity contribution is -0.126. The van der Waals surface area contributed by atoms with Gasteiger partial charge in [-0.3, -0.25) is 9.59 Å². The molecule has 0 spiro atoms. The third-order valence-electron chi connectivity index (χ3n) is 4.25. The third-order valence-corrected chi connectivity index (χ3v) is 4.58. The molecule has 0 aliphatic carbocycles. The van der Waals surface area contributed by atoms with Crippen LogP contribution in [0.4, 0.5) is 5.69 Å². The molecule has 0 saturated heterocycles. The number of benzene rings is 2. The van der Waals surface area contributed by atoms with Crippen LogP contribution in [0.5, 0.6) is 0 Å². The number of aryl methyl sites for hydroxylation is 1. The number of halogens is 1. The van der Waals surface area contributed by atoms with Gasteiger partial charge in [-0.1, -0.05) is 48.0 Å². The van der Waals surface area contributed by atoms with E-state index in [-0.39, 0.29) is 11.8 Å². The maximum Gasteiger partial charge on any atom is 0.254 e. The van der Waals surface area contributed by atoms with Gasteiger partial charge >= 0.3 is 0 Å². The molecule has 4 nitrogen and oxygen atoms in total. The molecule has 1 aliphatic heterocycles. The van der Waals surface area contributed by atoms with Crippen LogP contribution in [0.25, 0.3) is 0 Å². The maximum absolute atomic E-state index is 12.9. The molecule has 24 heavy (non-hydrogen) atoms. The van der Waals surface area contributed by atoms with Gasteiger partial charge in [0.2, 0.25) is 5.91 Å². The topological polar surface area (TPSA) is 49.4 Å². The summed E-state index contributed by atoms with van der Waals surface area (Å²) in [5, 5.41) is 3.23. The molecule has 124 valence electrons. The highest BCUT2D eigenvalue weighted by Crippen LogP contribution is 2.42. The summed E-state index contributed by atoms with van der Waals surface area (Å²) >= 11 is 6.34. The second-order valence-electron chi connectivity index (χ2n) is 5.99. The second-order valence-corrected chi connectivity index (χ2v) is 6.39. The molecule has 5 heteroatoms. The molecule has 1 aliphatic rings. The highest BCUT2D eigenvalue weighted by Gasteiger charge is 2.40. The van der Waals surface area contributed by atoms with Crippen molar-refractivity contribution in [3.63, 3.8) is 0 Å². The molecule has 2 aromatic rings. The van der Waals surface area contributed by atoms with Crippen molar-refractivity contribution in [3.05, 3.63) is 64.2 Å². The smallest absolute Gasteiger partial charge is 0.254 e. The van der Waals surface area contributed by atoms with E-state index in [0.717, 1.165) is 23.2 Å². The van der Waals surface area contributed by atoms with Gasteiger partial charge in [-0.15, -0.1) is 0 Å². The van der Waals surface area contributed by atoms with E-state index in [1.54, 1.807) is 11.0 Å². The summed E-state index contributed by atoms with van der Waals surface area (Å²) < 4.78 is 0. The van der Waals surface area contributed by atoms with E-state index in [2.05, 4.69) is 5.32 Å². The number of amides is 2. The van der Waals surface area contributed by atoms with Crippen LogP contribution >= 0.6 is 11.6 Å². The Labute approximate surface area is 146 Å². The lowest BCUT2D eigenvalue weighted by atomic mass is 10.0. The van der Waals surface area contributed by atoms with Gasteiger partial charge in [-0.05, 0) is 30.5 Å². The number of nitrogens with one attached hydrogen (secondary N) is 1. The number of hydrogen-bond donors (Lipinski definition) is 1. The zero-order valence-electron chi connectivity index (χ0n) is 13.7. The molecule has 0 aromatic heterocycles. The highest BCUT2D eigenvalue weighted by atomic mass is 35.5. The Morgan fingerprint density at radius 3 is 2.58 bits per heavy atom. The van der Waals surface area contributed by atoms with E-state index in [4.69, 9.17) is 11.6 Å². The van der Waals surface area contributed by atoms with Crippen LogP contribution in [0, 0.1) is 6.92 Å². The van der Waals surface area contributed by atoms with Gasteiger partial charge in [-0.2, -0.15) is 0 Å². The van der Waals surface area contributed by atoms with Crippen LogP contribution in [0.15, 0.2) is 42.5 Å². The van der Waals surface area contributed by atoms with Crippen LogP contribution in [0.3, 0.4) is 0 Å². The van der Waals surface area contributed by atoms with Crippen molar-refractivity contribution in [2.24, 2.45) is 0 Å². The summed E-state index contributed by atoms with van der Waals surface area (Å²) in [6, 6.07) is 13.0. The number of carbonyl (C=O) groups excluding carboxylic acids is 2. The third kappa shape index (κ3) is 3.02. The molecule has 0 fully saturated rings. The summed E-state index contributed by atoms with van der Waals surface area (Å²) in [7, 11) is 0. The van der Waals surface area contributed by atoms with Crippen molar-refractivity contribution >= 4 is 29.1 Å². The summed E-state index contributed by atoms with van der Waals surface area (Å²) in [6.45, 7) is 3.91. The van der Waals surface area contributed by atoms with E-state index < -0.39 is 6.04 Å². The van der Waals surface area contributed by atoms with Crippen LogP contribution < -0.4 is 10.2 Å². The summed E-state index contributed by atoms with van der Waals surface area (Å²) in [4.78, 5) is 26.1. The Balaban J connectivity index is 1.94. The summed E-state index contributed by atoms with van der Waals surface area (Å²) in [5.74, 6) is -0.380. The molecule has 1 N–H and O–H groups in total. The molecule has 0 bridgehead atoms. The minimum atomic E-state index is -0.708. The van der Waals surface area contributed by atoms with E-state index in [1.807, 2.05) is 43.3 Å². The second kappa shape index (κ2) is 6.65. The first-order chi connectivity index (χ1) is 11.5. The average molecular weight is 343 g/mol. The number of rotatable bonds is 4. The molecule has 2 aromatic carbocycles. The number of fused-ring (bicyclic) bond motifs is 1. The first-order valence-electron chi connectivity index (χ1n) is 7.90. The number of carbonyl (C=O) groups is 2. The van der Waals surface area contributed by atoms with Gasteiger partial charge in [0, 0.05) is 24.1 Å². The average Bonchev–Trinajstić information content (AvgIpc) is 2.83. The van der Waals surface area contributed by atoms with Crippen molar-refractivity contribution in [2.75, 3.05) is 11.4 Å². The van der Waals surface area contributed by atoms with Gasteiger partial charge in [-0.25, -0.2) is 0 Å². The fourth-order valence-corrected chi connectivity index (χ4v) is 3.42. The fraction of sp³-hybridized carbons (Fsp3) is 0.263. The molecule has 1 unspecified atom stereocenters. The monoisotopic (exact) mass is 342 g/mol. The molecule has 0 saturated carbocycles. The van der Waals surface area contributed by atoms with Crippen molar-refractivity contribution in [1.29, 1.82) is 0 Å². The standard InChI is InChI=1S/C19H19ClN2O2/c1-12-8-9-15(20)16-17(21-13(2)23)19(24)22(18(12)16)11-10-14-6-4-3-5-7-14/h3-9,17H,10-11H2,1-2H3,(H,21,23). The molecule has 1 atom stereocenters. The van der Waals surface area contributed by atoms with Gasteiger partial charge in [0.1, 0.15) is 6.04 Å². The maximum atomic E-state index is 12.9. The predicted octanol–water partition coefficient (Wildman–Crippen LogP) is 3.41. The first-order valence-corrected chi connectivity index (χ1v) is 8.28.